The molecule has 15 heavy (non-hydrogen) atoms. The molecule has 0 fully saturated rings. The summed E-state index contributed by atoms with van der Waals surface area (Å²) < 4.78 is 6.86. The second kappa shape index (κ2) is 5.50. The maximum Gasteiger partial charge on any atom is 0.313 e. The molecular weight excluding hydrogens is 194 g/mol. The van der Waals surface area contributed by atoms with Crippen molar-refractivity contribution in [3.05, 3.63) is 22.7 Å². The van der Waals surface area contributed by atoms with Gasteiger partial charge in [0, 0.05) is 25.0 Å². The van der Waals surface area contributed by atoms with Crippen LogP contribution >= 0.6 is 0 Å². The molecule has 1 aromatic rings. The lowest BCUT2D eigenvalue weighted by molar-refractivity contribution is 0.297. The van der Waals surface area contributed by atoms with E-state index in [1.165, 1.54) is 0 Å². The number of rotatable bonds is 5. The summed E-state index contributed by atoms with van der Waals surface area (Å²) in [5.41, 5.74) is -0.177. The van der Waals surface area contributed by atoms with E-state index in [0.29, 0.717) is 13.2 Å². The van der Waals surface area contributed by atoms with Crippen molar-refractivity contribution in [3.8, 4) is 5.88 Å². The fraction of sp³-hybridized carbons (Fsp3) is 0.600. The van der Waals surface area contributed by atoms with Crippen LogP contribution in [0.25, 0.3) is 0 Å². The minimum Gasteiger partial charge on any atom is -0.472 e. The summed E-state index contributed by atoms with van der Waals surface area (Å²) in [6.07, 6.45) is 3.24. The minimum absolute atomic E-state index is 0.118. The highest BCUT2D eigenvalue weighted by Gasteiger charge is 2.07. The molecule has 0 aliphatic rings. The van der Waals surface area contributed by atoms with Crippen LogP contribution in [0.4, 0.5) is 0 Å². The van der Waals surface area contributed by atoms with Crippen LogP contribution in [-0.2, 0) is 0 Å². The average Bonchev–Trinajstić information content (AvgIpc) is 2.20. The van der Waals surface area contributed by atoms with Gasteiger partial charge in [0.2, 0.25) is 0 Å². The topological polar surface area (TPSA) is 56.1 Å². The molecule has 84 valence electrons. The van der Waals surface area contributed by atoms with Crippen molar-refractivity contribution < 1.29 is 4.74 Å². The van der Waals surface area contributed by atoms with E-state index in [9.17, 15) is 4.79 Å². The molecule has 5 heteroatoms. The molecule has 0 saturated carbocycles. The molecule has 1 aromatic heterocycles. The molecule has 0 bridgehead atoms. The Morgan fingerprint density at radius 1 is 1.60 bits per heavy atom. The van der Waals surface area contributed by atoms with E-state index < -0.39 is 0 Å². The first-order valence-electron chi connectivity index (χ1n) is 5.01. The van der Waals surface area contributed by atoms with Crippen molar-refractivity contribution in [3.63, 3.8) is 0 Å². The fourth-order valence-electron chi connectivity index (χ4n) is 1.16. The van der Waals surface area contributed by atoms with Crippen molar-refractivity contribution in [2.24, 2.45) is 0 Å². The van der Waals surface area contributed by atoms with Crippen LogP contribution in [0.15, 0.2) is 17.2 Å². The van der Waals surface area contributed by atoms with Crippen LogP contribution in [0.2, 0.25) is 0 Å². The smallest absolute Gasteiger partial charge is 0.313 e. The standard InChI is InChI=1S/C10H17N3O2/c1-8(2)13-6-4-12-9(10(13)14)15-7-5-11-3/h4,6,8,11H,5,7H2,1-3H3. The summed E-state index contributed by atoms with van der Waals surface area (Å²) in [5.74, 6) is 0.168. The number of nitrogens with one attached hydrogen (secondary N) is 1. The zero-order valence-corrected chi connectivity index (χ0v) is 9.36. The van der Waals surface area contributed by atoms with Crippen LogP contribution in [-0.4, -0.2) is 29.8 Å². The molecule has 0 aliphatic heterocycles. The maximum atomic E-state index is 11.8. The van der Waals surface area contributed by atoms with Crippen molar-refractivity contribution in [2.75, 3.05) is 20.2 Å². The summed E-state index contributed by atoms with van der Waals surface area (Å²) in [6, 6.07) is 0.118. The van der Waals surface area contributed by atoms with Gasteiger partial charge in [-0.3, -0.25) is 4.79 Å². The molecule has 0 spiro atoms. The molecule has 0 saturated heterocycles. The van der Waals surface area contributed by atoms with E-state index in [0.717, 1.165) is 0 Å². The molecule has 0 radical (unpaired) electrons. The highest BCUT2D eigenvalue weighted by atomic mass is 16.5. The van der Waals surface area contributed by atoms with Gasteiger partial charge < -0.3 is 14.6 Å². The average molecular weight is 211 g/mol. The summed E-state index contributed by atoms with van der Waals surface area (Å²) >= 11 is 0. The van der Waals surface area contributed by atoms with Crippen molar-refractivity contribution in [1.29, 1.82) is 0 Å². The predicted octanol–water partition coefficient (Wildman–Crippen LogP) is 0.422. The van der Waals surface area contributed by atoms with E-state index in [-0.39, 0.29) is 17.5 Å². The maximum absolute atomic E-state index is 11.8. The van der Waals surface area contributed by atoms with Gasteiger partial charge in [0.15, 0.2) is 0 Å². The Kier molecular flexibility index (Phi) is 4.30. The van der Waals surface area contributed by atoms with E-state index in [1.807, 2.05) is 20.9 Å². The first-order valence-corrected chi connectivity index (χ1v) is 5.01. The van der Waals surface area contributed by atoms with Gasteiger partial charge in [0.25, 0.3) is 5.88 Å². The van der Waals surface area contributed by atoms with Gasteiger partial charge in [-0.05, 0) is 20.9 Å². The first kappa shape index (κ1) is 11.7. The summed E-state index contributed by atoms with van der Waals surface area (Å²) in [6.45, 7) is 5.02. The SMILES string of the molecule is CNCCOc1nccn(C(C)C)c1=O. The Labute approximate surface area is 89.1 Å². The third kappa shape index (κ3) is 3.06. The number of nitrogens with zero attached hydrogens (tertiary/aromatic N) is 2. The summed E-state index contributed by atoms with van der Waals surface area (Å²) in [4.78, 5) is 15.7. The monoisotopic (exact) mass is 211 g/mol. The molecule has 0 atom stereocenters. The first-order chi connectivity index (χ1) is 7.16. The Hall–Kier alpha value is -1.36. The van der Waals surface area contributed by atoms with Crippen LogP contribution in [0, 0.1) is 0 Å². The quantitative estimate of drug-likeness (QED) is 0.717. The number of aromatic nitrogens is 2. The third-order valence-corrected chi connectivity index (χ3v) is 1.98. The highest BCUT2D eigenvalue weighted by Crippen LogP contribution is 2.02. The van der Waals surface area contributed by atoms with E-state index in [1.54, 1.807) is 17.0 Å². The van der Waals surface area contributed by atoms with E-state index >= 15 is 0 Å². The Morgan fingerprint density at radius 3 is 2.93 bits per heavy atom. The molecule has 0 unspecified atom stereocenters. The Balaban J connectivity index is 2.81. The second-order valence-corrected chi connectivity index (χ2v) is 3.49. The zero-order valence-electron chi connectivity index (χ0n) is 9.36. The Morgan fingerprint density at radius 2 is 2.33 bits per heavy atom. The molecule has 0 aliphatic carbocycles. The van der Waals surface area contributed by atoms with Crippen LogP contribution < -0.4 is 15.6 Å². The minimum atomic E-state index is -0.177. The van der Waals surface area contributed by atoms with Gasteiger partial charge in [0.05, 0.1) is 0 Å². The van der Waals surface area contributed by atoms with Crippen LogP contribution in [0.3, 0.4) is 0 Å². The molecular formula is C10H17N3O2. The van der Waals surface area contributed by atoms with Gasteiger partial charge in [-0.1, -0.05) is 0 Å². The number of hydrogen-bond acceptors (Lipinski definition) is 4. The highest BCUT2D eigenvalue weighted by molar-refractivity contribution is 5.04. The second-order valence-electron chi connectivity index (χ2n) is 3.49. The van der Waals surface area contributed by atoms with Crippen molar-refractivity contribution >= 4 is 0 Å². The van der Waals surface area contributed by atoms with Crippen molar-refractivity contribution in [1.82, 2.24) is 14.9 Å². The number of hydrogen-bond donors (Lipinski definition) is 1. The lowest BCUT2D eigenvalue weighted by Crippen LogP contribution is -2.26. The summed E-state index contributed by atoms with van der Waals surface area (Å²) in [5, 5.41) is 2.93. The van der Waals surface area contributed by atoms with E-state index in [2.05, 4.69) is 10.3 Å². The Bertz CT molecular complexity index is 360. The molecule has 1 N–H and O–H groups in total. The number of ether oxygens (including phenoxy) is 1. The summed E-state index contributed by atoms with van der Waals surface area (Å²) in [7, 11) is 1.83. The fourth-order valence-corrected chi connectivity index (χ4v) is 1.16. The van der Waals surface area contributed by atoms with Gasteiger partial charge in [-0.15, -0.1) is 0 Å². The lowest BCUT2D eigenvalue weighted by Gasteiger charge is -2.10. The third-order valence-electron chi connectivity index (χ3n) is 1.98. The molecule has 0 aromatic carbocycles. The number of likely N-dealkylation sites (N-methyl/N-ethyl adjacent to an activating group) is 1. The van der Waals surface area contributed by atoms with Gasteiger partial charge in [-0.25, -0.2) is 4.98 Å². The lowest BCUT2D eigenvalue weighted by atomic mass is 10.4. The van der Waals surface area contributed by atoms with E-state index in [4.69, 9.17) is 4.74 Å². The van der Waals surface area contributed by atoms with Gasteiger partial charge in [-0.2, -0.15) is 0 Å². The molecule has 1 heterocycles. The van der Waals surface area contributed by atoms with Gasteiger partial charge in [0.1, 0.15) is 6.61 Å². The predicted molar refractivity (Wildman–Crippen MR) is 58.3 cm³/mol. The van der Waals surface area contributed by atoms with Crippen molar-refractivity contribution in [2.45, 2.75) is 19.9 Å². The molecule has 5 nitrogen and oxygen atoms in total. The van der Waals surface area contributed by atoms with Crippen LogP contribution in [0.5, 0.6) is 5.88 Å². The molecule has 1 rings (SSSR count). The normalized spacial score (nSPS) is 10.7. The largest absolute Gasteiger partial charge is 0.472 e. The van der Waals surface area contributed by atoms with Crippen LogP contribution in [0.1, 0.15) is 19.9 Å². The zero-order chi connectivity index (χ0) is 11.3. The molecule has 0 amide bonds. The van der Waals surface area contributed by atoms with Gasteiger partial charge >= 0.3 is 5.56 Å².